The van der Waals surface area contributed by atoms with Gasteiger partial charge in [0.05, 0.1) is 27.8 Å². The lowest BCUT2D eigenvalue weighted by Gasteiger charge is -2.35. The molecule has 2 fully saturated rings. The first-order valence-electron chi connectivity index (χ1n) is 10.5. The summed E-state index contributed by atoms with van der Waals surface area (Å²) in [4.78, 5) is 33.7. The third-order valence-corrected chi connectivity index (χ3v) is 7.08. The molecule has 2 saturated heterocycles. The third-order valence-electron chi connectivity index (χ3n) is 5.76. The predicted molar refractivity (Wildman–Crippen MR) is 117 cm³/mol. The smallest absolute Gasteiger partial charge is 0.273 e. The van der Waals surface area contributed by atoms with Crippen molar-refractivity contribution in [3.63, 3.8) is 0 Å². The Bertz CT molecular complexity index is 946. The Morgan fingerprint density at radius 2 is 1.81 bits per heavy atom. The number of carbonyl (C=O) groups is 2. The number of aromatic nitrogens is 1. The fourth-order valence-electron chi connectivity index (χ4n) is 4.27. The molecule has 0 aliphatic carbocycles. The standard InChI is InChI=1S/C22H25ClFN3O3S/c1-13-10-27(11-14(2)30-13)21(28)18-12-31-20(25-18)15-6-8-26(9-7-15)22(29)19-16(23)4-3-5-17(19)24/h3-5,12-15H,6-11H2,1-2H3. The number of amides is 2. The molecule has 2 aromatic rings. The normalized spacial score (nSPS) is 22.6. The van der Waals surface area contributed by atoms with Crippen molar-refractivity contribution in [2.24, 2.45) is 0 Å². The van der Waals surface area contributed by atoms with E-state index in [0.717, 1.165) is 5.01 Å². The maximum absolute atomic E-state index is 14.1. The zero-order valence-corrected chi connectivity index (χ0v) is 19.1. The maximum atomic E-state index is 14.1. The molecule has 0 radical (unpaired) electrons. The van der Waals surface area contributed by atoms with Gasteiger partial charge in [0.25, 0.3) is 11.8 Å². The van der Waals surface area contributed by atoms with Gasteiger partial charge in [-0.1, -0.05) is 17.7 Å². The average molecular weight is 466 g/mol. The quantitative estimate of drug-likeness (QED) is 0.681. The third kappa shape index (κ3) is 4.76. The first-order valence-corrected chi connectivity index (χ1v) is 11.7. The number of ether oxygens (including phenoxy) is 1. The molecule has 166 valence electrons. The predicted octanol–water partition coefficient (Wildman–Crippen LogP) is 4.20. The average Bonchev–Trinajstić information content (AvgIpc) is 3.22. The maximum Gasteiger partial charge on any atom is 0.273 e. The van der Waals surface area contributed by atoms with Crippen molar-refractivity contribution in [1.82, 2.24) is 14.8 Å². The first kappa shape index (κ1) is 22.2. The number of likely N-dealkylation sites (tertiary alicyclic amines) is 1. The van der Waals surface area contributed by atoms with Gasteiger partial charge in [-0.2, -0.15) is 0 Å². The van der Waals surface area contributed by atoms with E-state index in [-0.39, 0.29) is 40.5 Å². The summed E-state index contributed by atoms with van der Waals surface area (Å²) < 4.78 is 19.8. The van der Waals surface area contributed by atoms with E-state index in [1.807, 2.05) is 19.2 Å². The van der Waals surface area contributed by atoms with Crippen molar-refractivity contribution in [2.75, 3.05) is 26.2 Å². The fraction of sp³-hybridized carbons (Fsp3) is 0.500. The highest BCUT2D eigenvalue weighted by Gasteiger charge is 2.31. The Kier molecular flexibility index (Phi) is 6.60. The molecule has 0 saturated carbocycles. The second-order valence-electron chi connectivity index (χ2n) is 8.20. The number of halogens is 2. The second kappa shape index (κ2) is 9.22. The minimum Gasteiger partial charge on any atom is -0.372 e. The number of benzene rings is 1. The van der Waals surface area contributed by atoms with Crippen LogP contribution in [0.3, 0.4) is 0 Å². The van der Waals surface area contributed by atoms with Crippen LogP contribution in [0.25, 0.3) is 0 Å². The summed E-state index contributed by atoms with van der Waals surface area (Å²) in [7, 11) is 0. The van der Waals surface area contributed by atoms with Crippen molar-refractivity contribution in [3.05, 3.63) is 50.7 Å². The first-order chi connectivity index (χ1) is 14.8. The molecule has 1 aromatic carbocycles. The highest BCUT2D eigenvalue weighted by molar-refractivity contribution is 7.09. The molecular formula is C22H25ClFN3O3S. The van der Waals surface area contributed by atoms with Crippen LogP contribution in [0.1, 0.15) is 58.5 Å². The number of piperidine rings is 1. The van der Waals surface area contributed by atoms with E-state index in [0.29, 0.717) is 44.7 Å². The van der Waals surface area contributed by atoms with Crippen LogP contribution in [-0.4, -0.2) is 65.0 Å². The molecule has 0 spiro atoms. The largest absolute Gasteiger partial charge is 0.372 e. The molecule has 2 aliphatic heterocycles. The lowest BCUT2D eigenvalue weighted by molar-refractivity contribution is -0.0587. The van der Waals surface area contributed by atoms with Crippen LogP contribution in [0.4, 0.5) is 4.39 Å². The monoisotopic (exact) mass is 465 g/mol. The number of rotatable bonds is 3. The molecule has 2 aliphatic rings. The van der Waals surface area contributed by atoms with Crippen molar-refractivity contribution < 1.29 is 18.7 Å². The molecule has 2 unspecified atom stereocenters. The van der Waals surface area contributed by atoms with E-state index in [4.69, 9.17) is 16.3 Å². The molecule has 6 nitrogen and oxygen atoms in total. The summed E-state index contributed by atoms with van der Waals surface area (Å²) in [6, 6.07) is 4.25. The second-order valence-corrected chi connectivity index (χ2v) is 9.50. The van der Waals surface area contributed by atoms with Gasteiger partial charge in [0.15, 0.2) is 0 Å². The fourth-order valence-corrected chi connectivity index (χ4v) is 5.48. The van der Waals surface area contributed by atoms with Crippen molar-refractivity contribution in [3.8, 4) is 0 Å². The van der Waals surface area contributed by atoms with Gasteiger partial charge in [0, 0.05) is 37.5 Å². The van der Waals surface area contributed by atoms with Gasteiger partial charge in [-0.3, -0.25) is 9.59 Å². The highest BCUT2D eigenvalue weighted by atomic mass is 35.5. The zero-order chi connectivity index (χ0) is 22.1. The summed E-state index contributed by atoms with van der Waals surface area (Å²) in [5.74, 6) is -0.873. The lowest BCUT2D eigenvalue weighted by Crippen LogP contribution is -2.48. The summed E-state index contributed by atoms with van der Waals surface area (Å²) in [6.07, 6.45) is 1.45. The molecule has 4 rings (SSSR count). The van der Waals surface area contributed by atoms with Crippen molar-refractivity contribution in [2.45, 2.75) is 44.8 Å². The van der Waals surface area contributed by atoms with Crippen LogP contribution in [0, 0.1) is 5.82 Å². The van der Waals surface area contributed by atoms with E-state index in [1.54, 1.807) is 9.80 Å². The Hall–Kier alpha value is -2.03. The number of carbonyl (C=O) groups excluding carboxylic acids is 2. The molecule has 2 amide bonds. The topological polar surface area (TPSA) is 62.7 Å². The number of nitrogens with zero attached hydrogens (tertiary/aromatic N) is 3. The van der Waals surface area contributed by atoms with Gasteiger partial charge >= 0.3 is 0 Å². The SMILES string of the molecule is CC1CN(C(=O)c2csc(C3CCN(C(=O)c4c(F)cccc4Cl)CC3)n2)CC(C)O1. The zero-order valence-electron chi connectivity index (χ0n) is 17.5. The summed E-state index contributed by atoms with van der Waals surface area (Å²) >= 11 is 7.53. The summed E-state index contributed by atoms with van der Waals surface area (Å²) in [6.45, 7) is 6.05. The van der Waals surface area contributed by atoms with E-state index >= 15 is 0 Å². The molecule has 2 atom stereocenters. The van der Waals surface area contributed by atoms with E-state index < -0.39 is 5.82 Å². The number of morpholine rings is 1. The van der Waals surface area contributed by atoms with Gasteiger partial charge in [0.2, 0.25) is 0 Å². The van der Waals surface area contributed by atoms with Gasteiger partial charge in [-0.05, 0) is 38.8 Å². The Morgan fingerprint density at radius 1 is 1.13 bits per heavy atom. The lowest BCUT2D eigenvalue weighted by atomic mass is 9.97. The van der Waals surface area contributed by atoms with Crippen LogP contribution >= 0.6 is 22.9 Å². The number of hydrogen-bond donors (Lipinski definition) is 0. The van der Waals surface area contributed by atoms with E-state index in [9.17, 15) is 14.0 Å². The number of thiazole rings is 1. The highest BCUT2D eigenvalue weighted by Crippen LogP contribution is 2.32. The Labute approximate surface area is 190 Å². The molecule has 9 heteroatoms. The van der Waals surface area contributed by atoms with Crippen LogP contribution in [0.2, 0.25) is 5.02 Å². The van der Waals surface area contributed by atoms with Gasteiger partial charge in [-0.25, -0.2) is 9.37 Å². The molecular weight excluding hydrogens is 441 g/mol. The molecule has 0 N–H and O–H groups in total. The summed E-state index contributed by atoms with van der Waals surface area (Å²) in [5, 5.41) is 2.86. The van der Waals surface area contributed by atoms with Gasteiger partial charge in [-0.15, -0.1) is 11.3 Å². The van der Waals surface area contributed by atoms with Gasteiger partial charge < -0.3 is 14.5 Å². The van der Waals surface area contributed by atoms with E-state index in [2.05, 4.69) is 4.98 Å². The van der Waals surface area contributed by atoms with Crippen LogP contribution in [0.5, 0.6) is 0 Å². The molecule has 1 aromatic heterocycles. The molecule has 0 bridgehead atoms. The summed E-state index contributed by atoms with van der Waals surface area (Å²) in [5.41, 5.74) is 0.400. The minimum absolute atomic E-state index is 0.00984. The molecule has 3 heterocycles. The van der Waals surface area contributed by atoms with Crippen molar-refractivity contribution >= 4 is 34.8 Å². The van der Waals surface area contributed by atoms with Crippen LogP contribution in [0.15, 0.2) is 23.6 Å². The van der Waals surface area contributed by atoms with Gasteiger partial charge in [0.1, 0.15) is 11.5 Å². The minimum atomic E-state index is -0.602. The van der Waals surface area contributed by atoms with E-state index in [1.165, 1.54) is 29.5 Å². The van der Waals surface area contributed by atoms with Crippen molar-refractivity contribution in [1.29, 1.82) is 0 Å². The number of hydrogen-bond acceptors (Lipinski definition) is 5. The molecule has 31 heavy (non-hydrogen) atoms. The Balaban J connectivity index is 1.38. The van der Waals surface area contributed by atoms with Crippen LogP contribution < -0.4 is 0 Å². The van der Waals surface area contributed by atoms with Crippen LogP contribution in [-0.2, 0) is 4.74 Å². The Morgan fingerprint density at radius 3 is 2.45 bits per heavy atom.